The lowest BCUT2D eigenvalue weighted by Gasteiger charge is -2.13. The fourth-order valence-corrected chi connectivity index (χ4v) is 1.40. The van der Waals surface area contributed by atoms with Crippen molar-refractivity contribution in [2.75, 3.05) is 11.9 Å². The van der Waals surface area contributed by atoms with Crippen LogP contribution in [0.1, 0.15) is 20.3 Å². The number of rotatable bonds is 6. The Balaban J connectivity index is 0.00000324. The van der Waals surface area contributed by atoms with E-state index in [4.69, 9.17) is 0 Å². The van der Waals surface area contributed by atoms with Crippen molar-refractivity contribution in [1.82, 2.24) is 5.32 Å². The van der Waals surface area contributed by atoms with E-state index >= 15 is 0 Å². The Morgan fingerprint density at radius 2 is 2.16 bits per heavy atom. The van der Waals surface area contributed by atoms with Crippen LogP contribution in [-0.4, -0.2) is 23.4 Å². The van der Waals surface area contributed by atoms with E-state index in [0.717, 1.165) is 13.0 Å². The molecule has 0 aliphatic heterocycles. The average molecular weight is 288 g/mol. The summed E-state index contributed by atoms with van der Waals surface area (Å²) in [4.78, 5) is 21.9. The lowest BCUT2D eigenvalue weighted by atomic mass is 10.2. The van der Waals surface area contributed by atoms with Gasteiger partial charge in [0.15, 0.2) is 0 Å². The first-order valence-electron chi connectivity index (χ1n) is 5.83. The van der Waals surface area contributed by atoms with E-state index in [-0.39, 0.29) is 30.0 Å². The topological polar surface area (TPSA) is 84.3 Å². The minimum absolute atomic E-state index is 0. The van der Waals surface area contributed by atoms with E-state index in [0.29, 0.717) is 5.69 Å². The highest BCUT2D eigenvalue weighted by molar-refractivity contribution is 5.94. The number of nitrogens with zero attached hydrogens (tertiary/aromatic N) is 1. The third-order valence-electron chi connectivity index (χ3n) is 2.42. The van der Waals surface area contributed by atoms with Crippen LogP contribution in [0.25, 0.3) is 0 Å². The Morgan fingerprint density at radius 1 is 1.47 bits per heavy atom. The molecule has 1 aromatic rings. The van der Waals surface area contributed by atoms with Gasteiger partial charge in [-0.3, -0.25) is 14.9 Å². The third kappa shape index (κ3) is 5.67. The second-order valence-corrected chi connectivity index (χ2v) is 3.97. The van der Waals surface area contributed by atoms with Crippen molar-refractivity contribution >= 4 is 29.7 Å². The molecule has 1 aromatic carbocycles. The van der Waals surface area contributed by atoms with Gasteiger partial charge < -0.3 is 10.6 Å². The molecule has 19 heavy (non-hydrogen) atoms. The maximum atomic E-state index is 11.8. The van der Waals surface area contributed by atoms with Crippen molar-refractivity contribution in [1.29, 1.82) is 0 Å². The molecule has 0 radical (unpaired) electrons. The molecule has 0 aliphatic carbocycles. The van der Waals surface area contributed by atoms with Gasteiger partial charge in [0.2, 0.25) is 5.91 Å². The summed E-state index contributed by atoms with van der Waals surface area (Å²) < 4.78 is 0. The Labute approximate surface area is 118 Å². The van der Waals surface area contributed by atoms with Crippen LogP contribution in [-0.2, 0) is 4.79 Å². The van der Waals surface area contributed by atoms with E-state index in [9.17, 15) is 14.9 Å². The molecule has 1 rings (SSSR count). The molecule has 7 heteroatoms. The largest absolute Gasteiger partial charge is 0.324 e. The summed E-state index contributed by atoms with van der Waals surface area (Å²) in [5.74, 6) is -0.205. The van der Waals surface area contributed by atoms with Crippen LogP contribution in [0.15, 0.2) is 24.3 Å². The average Bonchev–Trinajstić information content (AvgIpc) is 2.36. The number of carbonyl (C=O) groups excluding carboxylic acids is 1. The van der Waals surface area contributed by atoms with Crippen molar-refractivity contribution in [2.24, 2.45) is 0 Å². The van der Waals surface area contributed by atoms with E-state index in [1.54, 1.807) is 13.0 Å². The fraction of sp³-hybridized carbons (Fsp3) is 0.417. The number of halogens is 1. The van der Waals surface area contributed by atoms with Crippen LogP contribution in [0.3, 0.4) is 0 Å². The number of non-ortho nitro benzene ring substituents is 1. The number of hydrogen-bond acceptors (Lipinski definition) is 4. The molecular formula is C12H18ClN3O3. The zero-order valence-electron chi connectivity index (χ0n) is 10.9. The third-order valence-corrected chi connectivity index (χ3v) is 2.42. The van der Waals surface area contributed by atoms with Crippen molar-refractivity contribution in [3.05, 3.63) is 34.4 Å². The molecule has 6 nitrogen and oxygen atoms in total. The van der Waals surface area contributed by atoms with Crippen molar-refractivity contribution in [3.63, 3.8) is 0 Å². The molecular weight excluding hydrogens is 270 g/mol. The van der Waals surface area contributed by atoms with Crippen LogP contribution in [0.4, 0.5) is 11.4 Å². The summed E-state index contributed by atoms with van der Waals surface area (Å²) >= 11 is 0. The number of benzene rings is 1. The van der Waals surface area contributed by atoms with Gasteiger partial charge in [0.1, 0.15) is 0 Å². The van der Waals surface area contributed by atoms with E-state index < -0.39 is 4.92 Å². The van der Waals surface area contributed by atoms with Gasteiger partial charge in [-0.15, -0.1) is 12.4 Å². The van der Waals surface area contributed by atoms with Crippen molar-refractivity contribution < 1.29 is 9.72 Å². The van der Waals surface area contributed by atoms with Gasteiger partial charge in [-0.25, -0.2) is 0 Å². The molecule has 0 saturated carbocycles. The van der Waals surface area contributed by atoms with Gasteiger partial charge in [-0.2, -0.15) is 0 Å². The molecule has 0 bridgehead atoms. The van der Waals surface area contributed by atoms with Gasteiger partial charge in [0.05, 0.1) is 11.0 Å². The van der Waals surface area contributed by atoms with Crippen LogP contribution in [0.2, 0.25) is 0 Å². The first kappa shape index (κ1) is 17.3. The fourth-order valence-electron chi connectivity index (χ4n) is 1.40. The standard InChI is InChI=1S/C12H17N3O3.ClH/c1-3-7-13-9(2)12(16)14-10-5-4-6-11(8-10)15(17)18;/h4-6,8-9,13H,3,7H2,1-2H3,(H,14,16);1H. The maximum Gasteiger partial charge on any atom is 0.271 e. The Morgan fingerprint density at radius 3 is 2.74 bits per heavy atom. The SMILES string of the molecule is CCCNC(C)C(=O)Nc1cccc([N+](=O)[O-])c1.Cl. The van der Waals surface area contributed by atoms with E-state index in [1.165, 1.54) is 18.2 Å². The van der Waals surface area contributed by atoms with Crippen LogP contribution in [0.5, 0.6) is 0 Å². The van der Waals surface area contributed by atoms with Gasteiger partial charge in [-0.1, -0.05) is 13.0 Å². The number of nitro benzene ring substituents is 1. The normalized spacial score (nSPS) is 11.3. The zero-order valence-corrected chi connectivity index (χ0v) is 11.7. The first-order valence-corrected chi connectivity index (χ1v) is 5.83. The first-order chi connectivity index (χ1) is 8.54. The van der Waals surface area contributed by atoms with Crippen LogP contribution >= 0.6 is 12.4 Å². The summed E-state index contributed by atoms with van der Waals surface area (Å²) in [5.41, 5.74) is 0.390. The molecule has 0 fully saturated rings. The second-order valence-electron chi connectivity index (χ2n) is 3.97. The number of nitrogens with one attached hydrogen (secondary N) is 2. The highest BCUT2D eigenvalue weighted by Gasteiger charge is 2.13. The number of amides is 1. The molecule has 2 N–H and O–H groups in total. The maximum absolute atomic E-state index is 11.8. The van der Waals surface area contributed by atoms with Crippen molar-refractivity contribution in [3.8, 4) is 0 Å². The molecule has 0 aliphatic rings. The smallest absolute Gasteiger partial charge is 0.271 e. The van der Waals surface area contributed by atoms with Gasteiger partial charge in [0, 0.05) is 17.8 Å². The minimum atomic E-state index is -0.492. The second kappa shape index (κ2) is 8.44. The highest BCUT2D eigenvalue weighted by Crippen LogP contribution is 2.17. The minimum Gasteiger partial charge on any atom is -0.324 e. The monoisotopic (exact) mass is 287 g/mol. The summed E-state index contributed by atoms with van der Waals surface area (Å²) in [5, 5.41) is 16.3. The van der Waals surface area contributed by atoms with Crippen LogP contribution in [0, 0.1) is 10.1 Å². The highest BCUT2D eigenvalue weighted by atomic mass is 35.5. The predicted octanol–water partition coefficient (Wildman–Crippen LogP) is 2.34. The molecule has 0 heterocycles. The molecule has 1 amide bonds. The number of nitro groups is 1. The molecule has 106 valence electrons. The quantitative estimate of drug-likeness (QED) is 0.621. The van der Waals surface area contributed by atoms with Crippen molar-refractivity contribution in [2.45, 2.75) is 26.3 Å². The molecule has 1 atom stereocenters. The zero-order chi connectivity index (χ0) is 13.5. The van der Waals surface area contributed by atoms with Crippen LogP contribution < -0.4 is 10.6 Å². The number of hydrogen-bond donors (Lipinski definition) is 2. The molecule has 0 aromatic heterocycles. The lowest BCUT2D eigenvalue weighted by molar-refractivity contribution is -0.384. The predicted molar refractivity (Wildman–Crippen MR) is 76.7 cm³/mol. The molecule has 0 spiro atoms. The summed E-state index contributed by atoms with van der Waals surface area (Å²) in [6.07, 6.45) is 0.939. The lowest BCUT2D eigenvalue weighted by Crippen LogP contribution is -2.38. The Hall–Kier alpha value is -1.66. The number of anilines is 1. The van der Waals surface area contributed by atoms with E-state index in [2.05, 4.69) is 10.6 Å². The molecule has 0 saturated heterocycles. The number of carbonyl (C=O) groups is 1. The molecule has 1 unspecified atom stereocenters. The van der Waals surface area contributed by atoms with Gasteiger partial charge in [0.25, 0.3) is 5.69 Å². The van der Waals surface area contributed by atoms with E-state index in [1.807, 2.05) is 6.92 Å². The van der Waals surface area contributed by atoms with Gasteiger partial charge in [-0.05, 0) is 26.0 Å². The van der Waals surface area contributed by atoms with Gasteiger partial charge >= 0.3 is 0 Å². The summed E-state index contributed by atoms with van der Waals surface area (Å²) in [6, 6.07) is 5.55. The summed E-state index contributed by atoms with van der Waals surface area (Å²) in [6.45, 7) is 4.52. The Bertz CT molecular complexity index is 440. The Kier molecular flexibility index (Phi) is 7.71. The summed E-state index contributed by atoms with van der Waals surface area (Å²) in [7, 11) is 0.